The lowest BCUT2D eigenvalue weighted by atomic mass is 10.1. The van der Waals surface area contributed by atoms with Gasteiger partial charge in [-0.25, -0.2) is 4.39 Å². The van der Waals surface area contributed by atoms with Crippen molar-refractivity contribution in [1.82, 2.24) is 10.3 Å². The average molecular weight is 268 g/mol. The molecule has 1 amide bonds. The number of halogens is 1. The van der Waals surface area contributed by atoms with E-state index < -0.39 is 11.9 Å². The summed E-state index contributed by atoms with van der Waals surface area (Å²) in [5.41, 5.74) is 0.692. The monoisotopic (exact) mass is 268 g/mol. The molecule has 0 aromatic carbocycles. The van der Waals surface area contributed by atoms with Crippen molar-refractivity contribution in [3.05, 3.63) is 29.8 Å². The molecule has 2 N–H and O–H groups in total. The predicted molar refractivity (Wildman–Crippen MR) is 71.0 cm³/mol. The van der Waals surface area contributed by atoms with E-state index in [2.05, 4.69) is 10.3 Å². The van der Waals surface area contributed by atoms with Gasteiger partial charge in [-0.3, -0.25) is 9.78 Å². The molecule has 1 unspecified atom stereocenters. The van der Waals surface area contributed by atoms with Crippen LogP contribution in [0.25, 0.3) is 0 Å². The highest BCUT2D eigenvalue weighted by atomic mass is 19.1. The summed E-state index contributed by atoms with van der Waals surface area (Å²) in [6.45, 7) is 4.29. The van der Waals surface area contributed by atoms with Crippen molar-refractivity contribution in [1.29, 1.82) is 0 Å². The Labute approximate surface area is 113 Å². The summed E-state index contributed by atoms with van der Waals surface area (Å²) in [5.74, 6) is -0.150. The van der Waals surface area contributed by atoms with Crippen LogP contribution in [0.1, 0.15) is 32.3 Å². The predicted octanol–water partition coefficient (Wildman–Crippen LogP) is 1.68. The summed E-state index contributed by atoms with van der Waals surface area (Å²) in [6.07, 6.45) is 3.53. The molecule has 1 heterocycles. The maximum absolute atomic E-state index is 12.9. The Hall–Kier alpha value is -1.49. The van der Waals surface area contributed by atoms with Crippen LogP contribution in [0.3, 0.4) is 0 Å². The maximum atomic E-state index is 12.9. The van der Waals surface area contributed by atoms with Crippen LogP contribution in [0.15, 0.2) is 18.5 Å². The van der Waals surface area contributed by atoms with Gasteiger partial charge in [0.15, 0.2) is 0 Å². The summed E-state index contributed by atoms with van der Waals surface area (Å²) in [6, 6.07) is 1.37. The largest absolute Gasteiger partial charge is 0.391 e. The van der Waals surface area contributed by atoms with Crippen LogP contribution in [-0.4, -0.2) is 28.6 Å². The number of nitrogens with zero attached hydrogens (tertiary/aromatic N) is 1. The van der Waals surface area contributed by atoms with E-state index in [1.807, 2.05) is 13.8 Å². The van der Waals surface area contributed by atoms with Crippen LogP contribution in [0.2, 0.25) is 0 Å². The van der Waals surface area contributed by atoms with Gasteiger partial charge in [0.2, 0.25) is 5.91 Å². The second kappa shape index (κ2) is 7.84. The zero-order chi connectivity index (χ0) is 14.3. The van der Waals surface area contributed by atoms with E-state index in [1.54, 1.807) is 6.20 Å². The lowest BCUT2D eigenvalue weighted by Crippen LogP contribution is -2.32. The van der Waals surface area contributed by atoms with Crippen molar-refractivity contribution in [3.63, 3.8) is 0 Å². The van der Waals surface area contributed by atoms with Gasteiger partial charge in [-0.15, -0.1) is 0 Å². The highest BCUT2D eigenvalue weighted by Crippen LogP contribution is 2.05. The summed E-state index contributed by atoms with van der Waals surface area (Å²) in [4.78, 5) is 15.3. The topological polar surface area (TPSA) is 62.2 Å². The van der Waals surface area contributed by atoms with Gasteiger partial charge in [0.25, 0.3) is 0 Å². The number of nitrogens with one attached hydrogen (secondary N) is 1. The van der Waals surface area contributed by atoms with Crippen LogP contribution >= 0.6 is 0 Å². The van der Waals surface area contributed by atoms with Crippen LogP contribution in [0.5, 0.6) is 0 Å². The van der Waals surface area contributed by atoms with Gasteiger partial charge in [-0.05, 0) is 30.4 Å². The number of amides is 1. The molecule has 0 fully saturated rings. The number of aryl methyl sites for hydroxylation is 1. The fourth-order valence-electron chi connectivity index (χ4n) is 1.80. The fraction of sp³-hybridized carbons (Fsp3) is 0.571. The second-order valence-corrected chi connectivity index (χ2v) is 5.10. The molecule has 1 aromatic rings. The maximum Gasteiger partial charge on any atom is 0.220 e. The lowest BCUT2D eigenvalue weighted by molar-refractivity contribution is -0.121. The second-order valence-electron chi connectivity index (χ2n) is 5.10. The summed E-state index contributed by atoms with van der Waals surface area (Å²) >= 11 is 0. The summed E-state index contributed by atoms with van der Waals surface area (Å²) < 4.78 is 12.9. The molecular formula is C14H21FN2O2. The first-order valence-corrected chi connectivity index (χ1v) is 6.51. The van der Waals surface area contributed by atoms with Crippen molar-refractivity contribution >= 4 is 5.91 Å². The molecule has 4 nitrogen and oxygen atoms in total. The van der Waals surface area contributed by atoms with E-state index in [0.717, 1.165) is 6.20 Å². The normalized spacial score (nSPS) is 12.5. The number of carbonyl (C=O) groups excluding carboxylic acids is 1. The van der Waals surface area contributed by atoms with Crippen LogP contribution < -0.4 is 5.32 Å². The van der Waals surface area contributed by atoms with Crippen molar-refractivity contribution in [3.8, 4) is 0 Å². The molecular weight excluding hydrogens is 247 g/mol. The fourth-order valence-corrected chi connectivity index (χ4v) is 1.80. The molecule has 0 saturated heterocycles. The third-order valence-corrected chi connectivity index (χ3v) is 2.68. The molecule has 0 radical (unpaired) electrons. The van der Waals surface area contributed by atoms with Crippen LogP contribution in [0.4, 0.5) is 4.39 Å². The molecule has 0 saturated carbocycles. The molecule has 106 valence electrons. The molecule has 0 bridgehead atoms. The third kappa shape index (κ3) is 6.86. The Kier molecular flexibility index (Phi) is 6.42. The standard InChI is InChI=1S/C14H21FN2O2/c1-10(2)5-13(18)9-17-14(19)4-3-11-6-12(15)8-16-7-11/h6-8,10,13,18H,3-5,9H2,1-2H3,(H,17,19). The smallest absolute Gasteiger partial charge is 0.220 e. The highest BCUT2D eigenvalue weighted by Gasteiger charge is 2.09. The lowest BCUT2D eigenvalue weighted by Gasteiger charge is -2.13. The zero-order valence-electron chi connectivity index (χ0n) is 11.4. The molecule has 1 atom stereocenters. The summed E-state index contributed by atoms with van der Waals surface area (Å²) in [7, 11) is 0. The van der Waals surface area contributed by atoms with Gasteiger partial charge < -0.3 is 10.4 Å². The van der Waals surface area contributed by atoms with Crippen molar-refractivity contribution < 1.29 is 14.3 Å². The van der Waals surface area contributed by atoms with Gasteiger partial charge in [0.1, 0.15) is 5.82 Å². The Morgan fingerprint density at radius 1 is 1.47 bits per heavy atom. The van der Waals surface area contributed by atoms with Gasteiger partial charge in [-0.1, -0.05) is 13.8 Å². The van der Waals surface area contributed by atoms with E-state index in [0.29, 0.717) is 24.3 Å². The van der Waals surface area contributed by atoms with Gasteiger partial charge in [0, 0.05) is 19.2 Å². The number of pyridine rings is 1. The molecule has 0 aliphatic rings. The minimum atomic E-state index is -0.514. The number of hydrogen-bond acceptors (Lipinski definition) is 3. The average Bonchev–Trinajstić information content (AvgIpc) is 2.33. The van der Waals surface area contributed by atoms with E-state index in [-0.39, 0.29) is 18.9 Å². The van der Waals surface area contributed by atoms with E-state index >= 15 is 0 Å². The molecule has 0 aliphatic carbocycles. The number of aromatic nitrogens is 1. The molecule has 1 aromatic heterocycles. The molecule has 0 aliphatic heterocycles. The quantitative estimate of drug-likeness (QED) is 0.791. The number of rotatable bonds is 7. The van der Waals surface area contributed by atoms with E-state index in [4.69, 9.17) is 0 Å². The minimum Gasteiger partial charge on any atom is -0.391 e. The summed E-state index contributed by atoms with van der Waals surface area (Å²) in [5, 5.41) is 12.3. The SMILES string of the molecule is CC(C)CC(O)CNC(=O)CCc1cncc(F)c1. The van der Waals surface area contributed by atoms with Crippen molar-refractivity contribution in [2.75, 3.05) is 6.54 Å². The Morgan fingerprint density at radius 2 is 2.21 bits per heavy atom. The van der Waals surface area contributed by atoms with Gasteiger partial charge in [0.05, 0.1) is 12.3 Å². The number of carbonyl (C=O) groups is 1. The molecule has 0 spiro atoms. The minimum absolute atomic E-state index is 0.146. The first-order chi connectivity index (χ1) is 8.97. The Bertz CT molecular complexity index is 410. The van der Waals surface area contributed by atoms with Crippen molar-refractivity contribution in [2.45, 2.75) is 39.2 Å². The number of aliphatic hydroxyl groups is 1. The van der Waals surface area contributed by atoms with Gasteiger partial charge >= 0.3 is 0 Å². The Morgan fingerprint density at radius 3 is 2.84 bits per heavy atom. The number of hydrogen-bond donors (Lipinski definition) is 2. The number of aliphatic hydroxyl groups excluding tert-OH is 1. The zero-order valence-corrected chi connectivity index (χ0v) is 11.4. The molecule has 5 heteroatoms. The van der Waals surface area contributed by atoms with Gasteiger partial charge in [-0.2, -0.15) is 0 Å². The van der Waals surface area contributed by atoms with Crippen LogP contribution in [-0.2, 0) is 11.2 Å². The van der Waals surface area contributed by atoms with E-state index in [9.17, 15) is 14.3 Å². The molecule has 19 heavy (non-hydrogen) atoms. The van der Waals surface area contributed by atoms with Crippen LogP contribution in [0, 0.1) is 11.7 Å². The Balaban J connectivity index is 2.25. The first-order valence-electron chi connectivity index (χ1n) is 6.51. The van der Waals surface area contributed by atoms with E-state index in [1.165, 1.54) is 6.07 Å². The highest BCUT2D eigenvalue weighted by molar-refractivity contribution is 5.76. The molecule has 1 rings (SSSR count). The van der Waals surface area contributed by atoms with Crippen molar-refractivity contribution in [2.24, 2.45) is 5.92 Å². The first kappa shape index (κ1) is 15.6. The third-order valence-electron chi connectivity index (χ3n) is 2.68.